The molecule has 0 saturated carbocycles. The van der Waals surface area contributed by atoms with E-state index in [-0.39, 0.29) is 25.1 Å². The molecule has 0 aliphatic carbocycles. The number of ether oxygens (including phenoxy) is 2. The minimum atomic E-state index is -0.555. The minimum absolute atomic E-state index is 0. The van der Waals surface area contributed by atoms with Crippen molar-refractivity contribution in [3.8, 4) is 5.75 Å². The summed E-state index contributed by atoms with van der Waals surface area (Å²) in [5.74, 6) is 0.782. The molecule has 0 aromatic heterocycles. The summed E-state index contributed by atoms with van der Waals surface area (Å²) in [6, 6.07) is 5.93. The Bertz CT molecular complexity index is 548. The number of β-amino-alcohol motifs (C(OH)–C–C–N with tert-alkyl or cyclic N) is 1. The lowest BCUT2D eigenvalue weighted by atomic mass is 10.1. The fraction of sp³-hybridized carbons (Fsp3) is 0.611. The summed E-state index contributed by atoms with van der Waals surface area (Å²) in [5.41, 5.74) is 2.40. The molecule has 1 aliphatic rings. The molecule has 142 valence electrons. The van der Waals surface area contributed by atoms with Gasteiger partial charge in [-0.1, -0.05) is 6.07 Å². The van der Waals surface area contributed by atoms with Crippen molar-refractivity contribution in [3.05, 3.63) is 29.3 Å². The molecule has 1 unspecified atom stereocenters. The number of halogens is 1. The van der Waals surface area contributed by atoms with E-state index in [1.54, 1.807) is 11.8 Å². The average molecular weight is 373 g/mol. The Morgan fingerprint density at radius 3 is 2.48 bits per heavy atom. The van der Waals surface area contributed by atoms with Gasteiger partial charge in [0.05, 0.1) is 6.61 Å². The summed E-state index contributed by atoms with van der Waals surface area (Å²) in [7, 11) is 0. The smallest absolute Gasteiger partial charge is 0.409 e. The molecule has 1 amide bonds. The molecule has 0 bridgehead atoms. The second kappa shape index (κ2) is 10.5. The van der Waals surface area contributed by atoms with Gasteiger partial charge in [-0.25, -0.2) is 4.79 Å². The molecule has 1 heterocycles. The molecule has 0 spiro atoms. The predicted molar refractivity (Wildman–Crippen MR) is 99.7 cm³/mol. The number of aliphatic hydroxyl groups is 1. The third-order valence-corrected chi connectivity index (χ3v) is 4.29. The van der Waals surface area contributed by atoms with Gasteiger partial charge in [0.1, 0.15) is 18.5 Å². The van der Waals surface area contributed by atoms with Crippen LogP contribution >= 0.6 is 12.4 Å². The molecule has 7 heteroatoms. The second-order valence-corrected chi connectivity index (χ2v) is 6.20. The molecule has 1 aromatic rings. The van der Waals surface area contributed by atoms with Crippen molar-refractivity contribution >= 4 is 18.5 Å². The van der Waals surface area contributed by atoms with Gasteiger partial charge in [-0.3, -0.25) is 4.90 Å². The highest BCUT2D eigenvalue weighted by molar-refractivity contribution is 5.85. The Hall–Kier alpha value is -1.50. The molecule has 6 nitrogen and oxygen atoms in total. The number of nitrogens with zero attached hydrogens (tertiary/aromatic N) is 2. The van der Waals surface area contributed by atoms with Crippen LogP contribution in [-0.2, 0) is 4.74 Å². The van der Waals surface area contributed by atoms with Crippen LogP contribution in [0.15, 0.2) is 18.2 Å². The number of aryl methyl sites for hydroxylation is 2. The molecule has 1 aliphatic heterocycles. The Balaban J connectivity index is 0.00000312. The number of carbonyl (C=O) groups is 1. The molecule has 1 aromatic carbocycles. The quantitative estimate of drug-likeness (QED) is 0.829. The van der Waals surface area contributed by atoms with E-state index >= 15 is 0 Å². The number of benzene rings is 1. The third-order valence-electron chi connectivity index (χ3n) is 4.29. The largest absolute Gasteiger partial charge is 0.491 e. The fourth-order valence-corrected chi connectivity index (χ4v) is 2.67. The van der Waals surface area contributed by atoms with Crippen molar-refractivity contribution in [3.63, 3.8) is 0 Å². The van der Waals surface area contributed by atoms with Crippen LogP contribution in [0.1, 0.15) is 18.1 Å². The molecule has 1 atom stereocenters. The van der Waals surface area contributed by atoms with E-state index in [0.29, 0.717) is 26.2 Å². The standard InChI is InChI=1S/C18H28N2O4.ClH/c1-4-23-18(22)20-9-7-19(8-10-20)12-16(21)13-24-17-6-5-14(2)15(3)11-17;/h5-6,11,16,21H,4,7-10,12-13H2,1-3H3;1H. The maximum Gasteiger partial charge on any atom is 0.409 e. The highest BCUT2D eigenvalue weighted by Crippen LogP contribution is 2.16. The number of hydrogen-bond donors (Lipinski definition) is 1. The van der Waals surface area contributed by atoms with Gasteiger partial charge in [0.2, 0.25) is 0 Å². The molecular formula is C18H29ClN2O4. The van der Waals surface area contributed by atoms with Crippen LogP contribution in [0.2, 0.25) is 0 Å². The van der Waals surface area contributed by atoms with Crippen LogP contribution in [0.3, 0.4) is 0 Å². The van der Waals surface area contributed by atoms with Gasteiger partial charge in [-0.15, -0.1) is 12.4 Å². The van der Waals surface area contributed by atoms with Crippen molar-refractivity contribution in [2.24, 2.45) is 0 Å². The monoisotopic (exact) mass is 372 g/mol. The summed E-state index contributed by atoms with van der Waals surface area (Å²) in [4.78, 5) is 15.5. The van der Waals surface area contributed by atoms with Crippen LogP contribution in [0, 0.1) is 13.8 Å². The maximum atomic E-state index is 11.7. The summed E-state index contributed by atoms with van der Waals surface area (Å²) >= 11 is 0. The maximum absolute atomic E-state index is 11.7. The summed E-state index contributed by atoms with van der Waals surface area (Å²) in [6.07, 6.45) is -0.809. The normalized spacial score (nSPS) is 16.1. The van der Waals surface area contributed by atoms with Gasteiger partial charge in [0, 0.05) is 32.7 Å². The zero-order chi connectivity index (χ0) is 17.5. The zero-order valence-corrected chi connectivity index (χ0v) is 16.1. The number of carbonyl (C=O) groups excluding carboxylic acids is 1. The predicted octanol–water partition coefficient (Wildman–Crippen LogP) is 2.24. The van der Waals surface area contributed by atoms with Crippen LogP contribution in [0.5, 0.6) is 5.75 Å². The lowest BCUT2D eigenvalue weighted by molar-refractivity contribution is 0.0407. The van der Waals surface area contributed by atoms with Crippen molar-refractivity contribution in [1.29, 1.82) is 0 Å². The molecule has 1 fully saturated rings. The van der Waals surface area contributed by atoms with Crippen molar-refractivity contribution < 1.29 is 19.4 Å². The first kappa shape index (κ1) is 21.5. The first-order valence-corrected chi connectivity index (χ1v) is 8.51. The number of piperazine rings is 1. The Kier molecular flexibility index (Phi) is 9.03. The van der Waals surface area contributed by atoms with Crippen LogP contribution in [-0.4, -0.2) is 73.0 Å². The van der Waals surface area contributed by atoms with E-state index in [0.717, 1.165) is 18.8 Å². The van der Waals surface area contributed by atoms with E-state index in [1.165, 1.54) is 11.1 Å². The average Bonchev–Trinajstić information content (AvgIpc) is 2.57. The molecule has 2 rings (SSSR count). The van der Waals surface area contributed by atoms with Crippen molar-refractivity contribution in [2.75, 3.05) is 45.9 Å². The summed E-state index contributed by atoms with van der Waals surface area (Å²) < 4.78 is 10.7. The van der Waals surface area contributed by atoms with Gasteiger partial charge in [0.25, 0.3) is 0 Å². The van der Waals surface area contributed by atoms with Gasteiger partial charge in [-0.2, -0.15) is 0 Å². The Morgan fingerprint density at radius 1 is 1.20 bits per heavy atom. The third kappa shape index (κ3) is 6.72. The lowest BCUT2D eigenvalue weighted by Gasteiger charge is -2.34. The highest BCUT2D eigenvalue weighted by Gasteiger charge is 2.23. The number of amides is 1. The van der Waals surface area contributed by atoms with Crippen LogP contribution < -0.4 is 4.74 Å². The fourth-order valence-electron chi connectivity index (χ4n) is 2.67. The highest BCUT2D eigenvalue weighted by atomic mass is 35.5. The van der Waals surface area contributed by atoms with Gasteiger partial charge < -0.3 is 19.5 Å². The molecular weight excluding hydrogens is 344 g/mol. The molecule has 25 heavy (non-hydrogen) atoms. The van der Waals surface area contributed by atoms with Crippen molar-refractivity contribution in [1.82, 2.24) is 9.80 Å². The van der Waals surface area contributed by atoms with E-state index in [1.807, 2.05) is 25.1 Å². The first-order valence-electron chi connectivity index (χ1n) is 8.51. The minimum Gasteiger partial charge on any atom is -0.491 e. The van der Waals surface area contributed by atoms with Crippen LogP contribution in [0.4, 0.5) is 4.79 Å². The molecule has 1 N–H and O–H groups in total. The summed E-state index contributed by atoms with van der Waals surface area (Å²) in [5, 5.41) is 10.2. The first-order chi connectivity index (χ1) is 11.5. The van der Waals surface area contributed by atoms with Gasteiger partial charge in [0.15, 0.2) is 0 Å². The van der Waals surface area contributed by atoms with E-state index < -0.39 is 6.10 Å². The topological polar surface area (TPSA) is 62.2 Å². The molecule has 1 saturated heterocycles. The Morgan fingerprint density at radius 2 is 1.88 bits per heavy atom. The Labute approximate surface area is 156 Å². The number of hydrogen-bond acceptors (Lipinski definition) is 5. The molecule has 0 radical (unpaired) electrons. The summed E-state index contributed by atoms with van der Waals surface area (Å²) in [6.45, 7) is 9.84. The van der Waals surface area contributed by atoms with E-state index in [4.69, 9.17) is 9.47 Å². The van der Waals surface area contributed by atoms with Gasteiger partial charge in [-0.05, 0) is 44.0 Å². The second-order valence-electron chi connectivity index (χ2n) is 6.20. The van der Waals surface area contributed by atoms with Crippen molar-refractivity contribution in [2.45, 2.75) is 26.9 Å². The van der Waals surface area contributed by atoms with Crippen LogP contribution in [0.25, 0.3) is 0 Å². The number of rotatable bonds is 6. The SMILES string of the molecule is CCOC(=O)N1CCN(CC(O)COc2ccc(C)c(C)c2)CC1.Cl. The lowest BCUT2D eigenvalue weighted by Crippen LogP contribution is -2.51. The zero-order valence-electron chi connectivity index (χ0n) is 15.2. The number of aliphatic hydroxyl groups excluding tert-OH is 1. The van der Waals surface area contributed by atoms with E-state index in [2.05, 4.69) is 11.8 Å². The van der Waals surface area contributed by atoms with E-state index in [9.17, 15) is 9.90 Å². The van der Waals surface area contributed by atoms with Gasteiger partial charge >= 0.3 is 6.09 Å².